The summed E-state index contributed by atoms with van der Waals surface area (Å²) < 4.78 is 0. The van der Waals surface area contributed by atoms with E-state index in [9.17, 15) is 0 Å². The Kier molecular flexibility index (Phi) is 3.85. The van der Waals surface area contributed by atoms with Gasteiger partial charge in [-0.25, -0.2) is 0 Å². The summed E-state index contributed by atoms with van der Waals surface area (Å²) in [6, 6.07) is 52.4. The zero-order chi connectivity index (χ0) is 29.0. The smallest absolute Gasteiger partial charge is 0.333 e. The van der Waals surface area contributed by atoms with Gasteiger partial charge in [-0.2, -0.15) is 0 Å². The van der Waals surface area contributed by atoms with Crippen LogP contribution in [0.1, 0.15) is 0 Å². The van der Waals surface area contributed by atoms with E-state index < -0.39 is 0 Å². The fourth-order valence-electron chi connectivity index (χ4n) is 9.31. The largest absolute Gasteiger partial charge is 0.376 e. The average Bonchev–Trinajstić information content (AvgIpc) is 3.11. The third-order valence-electron chi connectivity index (χ3n) is 10.9. The van der Waals surface area contributed by atoms with Crippen molar-refractivity contribution in [3.63, 3.8) is 0 Å². The van der Waals surface area contributed by atoms with Crippen LogP contribution in [0.2, 0.25) is 0 Å². The minimum absolute atomic E-state index is 0.0703. The molecule has 0 saturated heterocycles. The van der Waals surface area contributed by atoms with Gasteiger partial charge < -0.3 is 9.71 Å². The summed E-state index contributed by atoms with van der Waals surface area (Å²) in [6.07, 6.45) is 0. The van der Waals surface area contributed by atoms with Gasteiger partial charge in [0.1, 0.15) is 0 Å². The lowest BCUT2D eigenvalue weighted by Crippen LogP contribution is -2.62. The SMILES string of the molecule is c1ccc(N2c3ccc4c5ccccc5c5cccc6c5c4c3B3c4c2ccc2c5ccccc5c5cccc(c5c42)N36)cc1. The van der Waals surface area contributed by atoms with Gasteiger partial charge in [-0.3, -0.25) is 0 Å². The van der Waals surface area contributed by atoms with Crippen LogP contribution in [0.4, 0.5) is 28.4 Å². The van der Waals surface area contributed by atoms with Gasteiger partial charge in [0.2, 0.25) is 0 Å². The van der Waals surface area contributed by atoms with Crippen LogP contribution in [0.3, 0.4) is 0 Å². The molecule has 0 amide bonds. The van der Waals surface area contributed by atoms with E-state index in [4.69, 9.17) is 0 Å². The van der Waals surface area contributed by atoms with Crippen LogP contribution in [-0.2, 0) is 0 Å². The van der Waals surface area contributed by atoms with Gasteiger partial charge >= 0.3 is 6.85 Å². The number of rotatable bonds is 1. The predicted molar refractivity (Wildman–Crippen MR) is 193 cm³/mol. The number of benzene rings is 9. The molecule has 0 unspecified atom stereocenters. The van der Waals surface area contributed by atoms with Crippen LogP contribution in [0.5, 0.6) is 0 Å². The molecule has 0 bridgehead atoms. The molecule has 0 saturated carbocycles. The highest BCUT2D eigenvalue weighted by Crippen LogP contribution is 2.53. The summed E-state index contributed by atoms with van der Waals surface area (Å²) in [5.41, 5.74) is 9.19. The zero-order valence-corrected chi connectivity index (χ0v) is 24.3. The van der Waals surface area contributed by atoms with Gasteiger partial charge in [0.15, 0.2) is 0 Å². The number of anilines is 5. The lowest BCUT2D eigenvalue weighted by molar-refractivity contribution is 1.29. The Bertz CT molecular complexity index is 2660. The van der Waals surface area contributed by atoms with Crippen molar-refractivity contribution in [2.24, 2.45) is 0 Å². The minimum Gasteiger partial charge on any atom is -0.376 e. The molecule has 0 aliphatic carbocycles. The maximum absolute atomic E-state index is 2.69. The van der Waals surface area contributed by atoms with E-state index in [2.05, 4.69) is 149 Å². The topological polar surface area (TPSA) is 6.48 Å². The molecule has 3 heterocycles. The molecular formula is C42H23BN2. The third kappa shape index (κ3) is 2.48. The second kappa shape index (κ2) is 7.64. The molecule has 45 heavy (non-hydrogen) atoms. The van der Waals surface area contributed by atoms with Crippen molar-refractivity contribution in [3.05, 3.63) is 140 Å². The molecule has 204 valence electrons. The first-order chi connectivity index (χ1) is 22.4. The Balaban J connectivity index is 1.40. The first kappa shape index (κ1) is 22.7. The van der Waals surface area contributed by atoms with Gasteiger partial charge in [0.25, 0.3) is 0 Å². The van der Waals surface area contributed by atoms with Gasteiger partial charge in [0, 0.05) is 39.2 Å². The Morgan fingerprint density at radius 1 is 0.311 bits per heavy atom. The van der Waals surface area contributed by atoms with E-state index in [1.54, 1.807) is 0 Å². The number of hydrogen-bond acceptors (Lipinski definition) is 2. The summed E-state index contributed by atoms with van der Waals surface area (Å²) in [6.45, 7) is 0.0703. The van der Waals surface area contributed by atoms with E-state index in [1.165, 1.54) is 104 Å². The Morgan fingerprint density at radius 2 is 0.733 bits per heavy atom. The molecule has 0 spiro atoms. The number of fused-ring (bicyclic) bond motifs is 8. The highest BCUT2D eigenvalue weighted by Gasteiger charge is 2.48. The van der Waals surface area contributed by atoms with E-state index in [0.29, 0.717) is 0 Å². The molecule has 0 N–H and O–H groups in total. The van der Waals surface area contributed by atoms with Crippen LogP contribution in [-0.4, -0.2) is 6.85 Å². The number of nitrogens with zero attached hydrogens (tertiary/aromatic N) is 2. The molecule has 0 atom stereocenters. The van der Waals surface area contributed by atoms with E-state index in [-0.39, 0.29) is 6.85 Å². The van der Waals surface area contributed by atoms with E-state index in [0.717, 1.165) is 0 Å². The zero-order valence-electron chi connectivity index (χ0n) is 24.3. The summed E-state index contributed by atoms with van der Waals surface area (Å²) >= 11 is 0. The monoisotopic (exact) mass is 566 g/mol. The lowest BCUT2D eigenvalue weighted by Gasteiger charge is -2.47. The van der Waals surface area contributed by atoms with Crippen LogP contribution in [0.15, 0.2) is 140 Å². The molecule has 9 aromatic carbocycles. The first-order valence-electron chi connectivity index (χ1n) is 15.8. The van der Waals surface area contributed by atoms with Crippen LogP contribution >= 0.6 is 0 Å². The predicted octanol–water partition coefficient (Wildman–Crippen LogP) is 9.96. The molecule has 0 fully saturated rings. The summed E-state index contributed by atoms with van der Waals surface area (Å²) in [5.74, 6) is 0. The average molecular weight is 566 g/mol. The van der Waals surface area contributed by atoms with E-state index in [1.807, 2.05) is 0 Å². The fourth-order valence-corrected chi connectivity index (χ4v) is 9.31. The third-order valence-corrected chi connectivity index (χ3v) is 10.9. The van der Waals surface area contributed by atoms with Gasteiger partial charge in [-0.15, -0.1) is 0 Å². The summed E-state index contributed by atoms with van der Waals surface area (Å²) in [4.78, 5) is 5.22. The number of hydrogen-bond donors (Lipinski definition) is 0. The normalized spacial score (nSPS) is 14.1. The second-order valence-corrected chi connectivity index (χ2v) is 12.8. The first-order valence-corrected chi connectivity index (χ1v) is 15.8. The molecule has 2 nitrogen and oxygen atoms in total. The van der Waals surface area contributed by atoms with Crippen LogP contribution in [0, 0.1) is 0 Å². The minimum atomic E-state index is 0.0703. The van der Waals surface area contributed by atoms with Crippen molar-refractivity contribution < 1.29 is 0 Å². The number of para-hydroxylation sites is 1. The Hall–Kier alpha value is -5.80. The highest BCUT2D eigenvalue weighted by atomic mass is 15.2. The maximum Gasteiger partial charge on any atom is 0.333 e. The van der Waals surface area contributed by atoms with Crippen molar-refractivity contribution in [2.75, 3.05) is 9.71 Å². The molecular weight excluding hydrogens is 543 g/mol. The van der Waals surface area contributed by atoms with Crippen LogP contribution in [0.25, 0.3) is 64.6 Å². The molecule has 0 aromatic heterocycles. The molecule has 9 aromatic rings. The molecule has 0 radical (unpaired) electrons. The Morgan fingerprint density at radius 3 is 1.22 bits per heavy atom. The van der Waals surface area contributed by atoms with Gasteiger partial charge in [0.05, 0.1) is 0 Å². The van der Waals surface area contributed by atoms with Gasteiger partial charge in [-0.1, -0.05) is 103 Å². The standard InChI is InChI=1S/C42H23BN2/c1-2-10-24(11-3-1)44-35-22-20-31-27-14-6-4-12-25(27)29-16-8-18-33-37(29)39(31)41(35)43-42-36(44)23-21-32-28-15-7-5-13-26(28)30-17-9-19-34(45(33)43)38(30)40(32)42/h1-23H. The fraction of sp³-hybridized carbons (Fsp3) is 0. The summed E-state index contributed by atoms with van der Waals surface area (Å²) in [5, 5.41) is 16.2. The Labute approximate surface area is 259 Å². The van der Waals surface area contributed by atoms with Gasteiger partial charge in [-0.05, 0) is 101 Å². The molecule has 12 rings (SSSR count). The van der Waals surface area contributed by atoms with Crippen molar-refractivity contribution in [2.45, 2.75) is 0 Å². The van der Waals surface area contributed by atoms with Crippen molar-refractivity contribution >= 4 is 111 Å². The lowest BCUT2D eigenvalue weighted by atomic mass is 9.42. The maximum atomic E-state index is 2.69. The quantitative estimate of drug-likeness (QED) is 0.144. The highest BCUT2D eigenvalue weighted by molar-refractivity contribution is 6.97. The summed E-state index contributed by atoms with van der Waals surface area (Å²) in [7, 11) is 0. The van der Waals surface area contributed by atoms with Crippen molar-refractivity contribution in [1.82, 2.24) is 0 Å². The molecule has 3 aliphatic heterocycles. The van der Waals surface area contributed by atoms with Crippen molar-refractivity contribution in [1.29, 1.82) is 0 Å². The van der Waals surface area contributed by atoms with E-state index >= 15 is 0 Å². The van der Waals surface area contributed by atoms with Crippen LogP contribution < -0.4 is 20.6 Å². The van der Waals surface area contributed by atoms with Crippen molar-refractivity contribution in [3.8, 4) is 0 Å². The molecule has 3 heteroatoms. The molecule has 3 aliphatic rings. The second-order valence-electron chi connectivity index (χ2n) is 12.8.